The highest BCUT2D eigenvalue weighted by atomic mass is 16.2. The number of nitrogens with one attached hydrogen (secondary N) is 2. The summed E-state index contributed by atoms with van der Waals surface area (Å²) in [5.74, 6) is 0.846. The number of anilines is 1. The number of amides is 1. The molecule has 1 saturated carbocycles. The van der Waals surface area contributed by atoms with E-state index in [1.807, 2.05) is 25.1 Å². The highest BCUT2D eigenvalue weighted by molar-refractivity contribution is 6.03. The standard InChI is InChI=1S/C14H18N2O/c1-8-4-3-5-11-12(8)16-14(17)13(11)15-9(2)10-6-7-10/h3-5,9-10,13,15H,6-7H2,1-2H3,(H,16,17). The van der Waals surface area contributed by atoms with Gasteiger partial charge in [-0.15, -0.1) is 0 Å². The monoisotopic (exact) mass is 230 g/mol. The first kappa shape index (κ1) is 10.8. The zero-order valence-electron chi connectivity index (χ0n) is 10.3. The maximum Gasteiger partial charge on any atom is 0.246 e. The van der Waals surface area contributed by atoms with Crippen LogP contribution in [-0.2, 0) is 4.79 Å². The van der Waals surface area contributed by atoms with Crippen LogP contribution in [0, 0.1) is 12.8 Å². The fourth-order valence-electron chi connectivity index (χ4n) is 2.60. The van der Waals surface area contributed by atoms with E-state index in [4.69, 9.17) is 0 Å². The van der Waals surface area contributed by atoms with E-state index in [2.05, 4.69) is 17.6 Å². The van der Waals surface area contributed by atoms with Crippen LogP contribution in [0.25, 0.3) is 0 Å². The normalized spacial score (nSPS) is 24.4. The van der Waals surface area contributed by atoms with Gasteiger partial charge in [-0.2, -0.15) is 0 Å². The van der Waals surface area contributed by atoms with Crippen molar-refractivity contribution >= 4 is 11.6 Å². The molecule has 0 spiro atoms. The lowest BCUT2D eigenvalue weighted by Gasteiger charge is -2.17. The Balaban J connectivity index is 1.86. The summed E-state index contributed by atoms with van der Waals surface area (Å²) in [7, 11) is 0. The minimum atomic E-state index is -0.166. The molecule has 90 valence electrons. The van der Waals surface area contributed by atoms with E-state index < -0.39 is 0 Å². The molecule has 3 heteroatoms. The lowest BCUT2D eigenvalue weighted by Crippen LogP contribution is -2.35. The van der Waals surface area contributed by atoms with E-state index >= 15 is 0 Å². The summed E-state index contributed by atoms with van der Waals surface area (Å²) in [4.78, 5) is 12.0. The molecule has 1 aliphatic heterocycles. The fourth-order valence-corrected chi connectivity index (χ4v) is 2.60. The predicted octanol–water partition coefficient (Wildman–Crippen LogP) is 2.38. The molecule has 0 saturated heterocycles. The molecule has 0 radical (unpaired) electrons. The molecule has 3 rings (SSSR count). The highest BCUT2D eigenvalue weighted by Crippen LogP contribution is 2.37. The third kappa shape index (κ3) is 1.84. The molecule has 1 heterocycles. The van der Waals surface area contributed by atoms with Crippen LogP contribution in [0.3, 0.4) is 0 Å². The molecule has 1 aromatic carbocycles. The number of benzene rings is 1. The van der Waals surface area contributed by atoms with E-state index in [0.29, 0.717) is 6.04 Å². The Morgan fingerprint density at radius 1 is 1.41 bits per heavy atom. The second-order valence-corrected chi connectivity index (χ2v) is 5.25. The average molecular weight is 230 g/mol. The Labute approximate surface area is 102 Å². The smallest absolute Gasteiger partial charge is 0.246 e. The van der Waals surface area contributed by atoms with Gasteiger partial charge in [0.05, 0.1) is 0 Å². The number of para-hydroxylation sites is 1. The number of fused-ring (bicyclic) bond motifs is 1. The molecule has 3 nitrogen and oxygen atoms in total. The van der Waals surface area contributed by atoms with E-state index in [1.54, 1.807) is 0 Å². The maximum atomic E-state index is 12.0. The third-order valence-electron chi connectivity index (χ3n) is 3.89. The van der Waals surface area contributed by atoms with Crippen molar-refractivity contribution in [3.63, 3.8) is 0 Å². The summed E-state index contributed by atoms with van der Waals surface area (Å²) < 4.78 is 0. The van der Waals surface area contributed by atoms with Crippen molar-refractivity contribution in [2.75, 3.05) is 5.32 Å². The molecular weight excluding hydrogens is 212 g/mol. The van der Waals surface area contributed by atoms with Gasteiger partial charge in [-0.3, -0.25) is 10.1 Å². The molecule has 0 aromatic heterocycles. The fraction of sp³-hybridized carbons (Fsp3) is 0.500. The Morgan fingerprint density at radius 2 is 2.18 bits per heavy atom. The van der Waals surface area contributed by atoms with Crippen molar-refractivity contribution < 1.29 is 4.79 Å². The third-order valence-corrected chi connectivity index (χ3v) is 3.89. The van der Waals surface area contributed by atoms with E-state index in [9.17, 15) is 4.79 Å². The maximum absolute atomic E-state index is 12.0. The number of carbonyl (C=O) groups excluding carboxylic acids is 1. The zero-order chi connectivity index (χ0) is 12.0. The number of carbonyl (C=O) groups is 1. The van der Waals surface area contributed by atoms with Crippen LogP contribution in [0.4, 0.5) is 5.69 Å². The number of rotatable bonds is 3. The van der Waals surface area contributed by atoms with Crippen LogP contribution in [0.2, 0.25) is 0 Å². The predicted molar refractivity (Wildman–Crippen MR) is 67.9 cm³/mol. The van der Waals surface area contributed by atoms with Gasteiger partial charge in [0.1, 0.15) is 6.04 Å². The summed E-state index contributed by atoms with van der Waals surface area (Å²) >= 11 is 0. The van der Waals surface area contributed by atoms with Crippen molar-refractivity contribution in [1.29, 1.82) is 0 Å². The first-order valence-electron chi connectivity index (χ1n) is 6.33. The molecular formula is C14H18N2O. The van der Waals surface area contributed by atoms with Gasteiger partial charge < -0.3 is 5.32 Å². The topological polar surface area (TPSA) is 41.1 Å². The quantitative estimate of drug-likeness (QED) is 0.837. The van der Waals surface area contributed by atoms with Crippen molar-refractivity contribution in [2.45, 2.75) is 38.8 Å². The van der Waals surface area contributed by atoms with Gasteiger partial charge in [0, 0.05) is 17.3 Å². The minimum Gasteiger partial charge on any atom is -0.324 e. The zero-order valence-corrected chi connectivity index (χ0v) is 10.3. The lowest BCUT2D eigenvalue weighted by atomic mass is 10.0. The Bertz CT molecular complexity index is 465. The average Bonchev–Trinajstić information content (AvgIpc) is 3.08. The molecule has 1 fully saturated rings. The molecule has 2 aliphatic rings. The van der Waals surface area contributed by atoms with Crippen LogP contribution in [0.5, 0.6) is 0 Å². The van der Waals surface area contributed by atoms with Gasteiger partial charge in [0.2, 0.25) is 5.91 Å². The summed E-state index contributed by atoms with van der Waals surface area (Å²) in [5.41, 5.74) is 3.24. The van der Waals surface area contributed by atoms with E-state index in [0.717, 1.165) is 22.7 Å². The minimum absolute atomic E-state index is 0.0850. The number of hydrogen-bond acceptors (Lipinski definition) is 2. The molecule has 2 atom stereocenters. The highest BCUT2D eigenvalue weighted by Gasteiger charge is 2.36. The van der Waals surface area contributed by atoms with Crippen LogP contribution in [-0.4, -0.2) is 11.9 Å². The van der Waals surface area contributed by atoms with Gasteiger partial charge in [-0.1, -0.05) is 18.2 Å². The van der Waals surface area contributed by atoms with Crippen molar-refractivity contribution in [2.24, 2.45) is 5.92 Å². The summed E-state index contributed by atoms with van der Waals surface area (Å²) in [5, 5.41) is 6.44. The molecule has 17 heavy (non-hydrogen) atoms. The second-order valence-electron chi connectivity index (χ2n) is 5.25. The van der Waals surface area contributed by atoms with Crippen molar-refractivity contribution in [3.8, 4) is 0 Å². The molecule has 0 bridgehead atoms. The van der Waals surface area contributed by atoms with Crippen LogP contribution < -0.4 is 10.6 Å². The second kappa shape index (κ2) is 3.84. The Hall–Kier alpha value is -1.35. The molecule has 2 N–H and O–H groups in total. The summed E-state index contributed by atoms with van der Waals surface area (Å²) in [6.45, 7) is 4.21. The van der Waals surface area contributed by atoms with Gasteiger partial charge in [0.25, 0.3) is 0 Å². The van der Waals surface area contributed by atoms with E-state index in [1.165, 1.54) is 12.8 Å². The molecule has 1 amide bonds. The van der Waals surface area contributed by atoms with Crippen molar-refractivity contribution in [1.82, 2.24) is 5.32 Å². The molecule has 1 aromatic rings. The van der Waals surface area contributed by atoms with Gasteiger partial charge in [-0.25, -0.2) is 0 Å². The van der Waals surface area contributed by atoms with Crippen LogP contribution in [0.15, 0.2) is 18.2 Å². The van der Waals surface area contributed by atoms with Crippen LogP contribution >= 0.6 is 0 Å². The molecule has 1 aliphatic carbocycles. The van der Waals surface area contributed by atoms with E-state index in [-0.39, 0.29) is 11.9 Å². The first-order chi connectivity index (χ1) is 8.16. The largest absolute Gasteiger partial charge is 0.324 e. The van der Waals surface area contributed by atoms with Gasteiger partial charge in [0.15, 0.2) is 0 Å². The Morgan fingerprint density at radius 3 is 2.88 bits per heavy atom. The lowest BCUT2D eigenvalue weighted by molar-refractivity contribution is -0.117. The summed E-state index contributed by atoms with van der Waals surface area (Å²) in [6.07, 6.45) is 2.59. The number of hydrogen-bond donors (Lipinski definition) is 2. The summed E-state index contributed by atoms with van der Waals surface area (Å²) in [6, 6.07) is 6.35. The Kier molecular flexibility index (Phi) is 2.44. The van der Waals surface area contributed by atoms with Gasteiger partial charge >= 0.3 is 0 Å². The molecule has 2 unspecified atom stereocenters. The number of aryl methyl sites for hydroxylation is 1. The van der Waals surface area contributed by atoms with Crippen molar-refractivity contribution in [3.05, 3.63) is 29.3 Å². The van der Waals surface area contributed by atoms with Crippen LogP contribution in [0.1, 0.15) is 36.9 Å². The SMILES string of the molecule is Cc1cccc2c1NC(=O)C2NC(C)C1CC1. The van der Waals surface area contributed by atoms with Gasteiger partial charge in [-0.05, 0) is 38.2 Å². The first-order valence-corrected chi connectivity index (χ1v) is 6.33.